The molecule has 110 valence electrons. The van der Waals surface area contributed by atoms with E-state index in [0.717, 1.165) is 12.5 Å². The highest BCUT2D eigenvalue weighted by Crippen LogP contribution is 2.34. The fourth-order valence-electron chi connectivity index (χ4n) is 3.85. The largest absolute Gasteiger partial charge is 0.466 e. The highest BCUT2D eigenvalue weighted by Gasteiger charge is 2.33. The Morgan fingerprint density at radius 1 is 1.21 bits per heavy atom. The van der Waals surface area contributed by atoms with Gasteiger partial charge >= 0.3 is 5.97 Å². The summed E-state index contributed by atoms with van der Waals surface area (Å²) in [4.78, 5) is 14.5. The van der Waals surface area contributed by atoms with Gasteiger partial charge in [0.2, 0.25) is 0 Å². The number of carbonyl (C=O) groups excluding carboxylic acids is 1. The summed E-state index contributed by atoms with van der Waals surface area (Å²) in [6, 6.07) is 0.730. The molecule has 2 fully saturated rings. The fraction of sp³-hybridized carbons (Fsp3) is 0.938. The van der Waals surface area contributed by atoms with E-state index in [1.807, 2.05) is 13.8 Å². The van der Waals surface area contributed by atoms with Crippen LogP contribution in [0.3, 0.4) is 0 Å². The van der Waals surface area contributed by atoms with E-state index in [-0.39, 0.29) is 11.9 Å². The zero-order chi connectivity index (χ0) is 13.7. The van der Waals surface area contributed by atoms with Gasteiger partial charge in [-0.15, -0.1) is 0 Å². The molecule has 3 nitrogen and oxygen atoms in total. The monoisotopic (exact) mass is 267 g/mol. The van der Waals surface area contributed by atoms with Gasteiger partial charge in [-0.3, -0.25) is 4.79 Å². The maximum Gasteiger partial charge on any atom is 0.308 e. The van der Waals surface area contributed by atoms with Crippen molar-refractivity contribution in [2.45, 2.75) is 64.8 Å². The third-order valence-corrected chi connectivity index (χ3v) is 4.82. The number of likely N-dealkylation sites (tertiary alicyclic amines) is 1. The lowest BCUT2D eigenvalue weighted by Crippen LogP contribution is -2.41. The number of ether oxygens (including phenoxy) is 1. The molecule has 2 rings (SSSR count). The smallest absolute Gasteiger partial charge is 0.308 e. The summed E-state index contributed by atoms with van der Waals surface area (Å²) in [6.45, 7) is 6.97. The fourth-order valence-corrected chi connectivity index (χ4v) is 3.85. The van der Waals surface area contributed by atoms with Crippen LogP contribution in [0, 0.1) is 11.8 Å². The van der Waals surface area contributed by atoms with Crippen molar-refractivity contribution < 1.29 is 9.53 Å². The second kappa shape index (κ2) is 7.28. The van der Waals surface area contributed by atoms with Crippen molar-refractivity contribution in [2.24, 2.45) is 11.8 Å². The van der Waals surface area contributed by atoms with Crippen LogP contribution in [0.2, 0.25) is 0 Å². The van der Waals surface area contributed by atoms with Crippen LogP contribution in [-0.4, -0.2) is 36.6 Å². The normalized spacial score (nSPS) is 30.2. The number of carbonyl (C=O) groups is 1. The first-order chi connectivity index (χ1) is 9.22. The van der Waals surface area contributed by atoms with E-state index in [1.165, 1.54) is 51.6 Å². The van der Waals surface area contributed by atoms with E-state index < -0.39 is 0 Å². The van der Waals surface area contributed by atoms with Crippen molar-refractivity contribution in [2.75, 3.05) is 19.7 Å². The minimum Gasteiger partial charge on any atom is -0.466 e. The molecule has 0 aromatic heterocycles. The van der Waals surface area contributed by atoms with Crippen LogP contribution in [0.25, 0.3) is 0 Å². The maximum atomic E-state index is 11.8. The molecule has 0 aromatic carbocycles. The van der Waals surface area contributed by atoms with Gasteiger partial charge in [0, 0.05) is 6.04 Å². The molecular formula is C16H29NO2. The van der Waals surface area contributed by atoms with Gasteiger partial charge in [-0.25, -0.2) is 0 Å². The lowest BCUT2D eigenvalue weighted by molar-refractivity contribution is -0.148. The summed E-state index contributed by atoms with van der Waals surface area (Å²) >= 11 is 0. The first kappa shape index (κ1) is 14.8. The van der Waals surface area contributed by atoms with Crippen LogP contribution in [0.1, 0.15) is 58.8 Å². The van der Waals surface area contributed by atoms with E-state index in [0.29, 0.717) is 12.5 Å². The van der Waals surface area contributed by atoms with Gasteiger partial charge in [-0.1, -0.05) is 19.8 Å². The standard InChI is InChI=1S/C16H29NO2/c1-3-19-16(18)13(2)12-14-8-4-5-9-15(14)17-10-6-7-11-17/h13-15H,3-12H2,1-2H3. The zero-order valence-electron chi connectivity index (χ0n) is 12.6. The van der Waals surface area contributed by atoms with Crippen molar-refractivity contribution >= 4 is 5.97 Å². The summed E-state index contributed by atoms with van der Waals surface area (Å²) in [5.41, 5.74) is 0. The van der Waals surface area contributed by atoms with Gasteiger partial charge in [-0.05, 0) is 58.0 Å². The first-order valence-electron chi connectivity index (χ1n) is 8.13. The number of esters is 1. The molecule has 1 saturated carbocycles. The summed E-state index contributed by atoms with van der Waals surface area (Å²) in [6.07, 6.45) is 9.06. The van der Waals surface area contributed by atoms with Crippen LogP contribution >= 0.6 is 0 Å². The Morgan fingerprint density at radius 3 is 2.58 bits per heavy atom. The highest BCUT2D eigenvalue weighted by atomic mass is 16.5. The summed E-state index contributed by atoms with van der Waals surface area (Å²) in [7, 11) is 0. The Balaban J connectivity index is 1.89. The molecule has 0 bridgehead atoms. The molecule has 1 aliphatic carbocycles. The minimum atomic E-state index is -0.00625. The Labute approximate surface area is 117 Å². The SMILES string of the molecule is CCOC(=O)C(C)CC1CCCCC1N1CCCC1. The quantitative estimate of drug-likeness (QED) is 0.716. The third-order valence-electron chi connectivity index (χ3n) is 4.82. The van der Waals surface area contributed by atoms with Gasteiger partial charge in [0.25, 0.3) is 0 Å². The van der Waals surface area contributed by atoms with Crippen LogP contribution < -0.4 is 0 Å². The van der Waals surface area contributed by atoms with E-state index in [9.17, 15) is 4.79 Å². The van der Waals surface area contributed by atoms with Crippen LogP contribution in [-0.2, 0) is 9.53 Å². The predicted octanol–water partition coefficient (Wildman–Crippen LogP) is 3.23. The van der Waals surface area contributed by atoms with Crippen LogP contribution in [0.15, 0.2) is 0 Å². The molecule has 3 atom stereocenters. The molecule has 0 radical (unpaired) electrons. The first-order valence-corrected chi connectivity index (χ1v) is 8.13. The molecule has 0 amide bonds. The van der Waals surface area contributed by atoms with Gasteiger partial charge < -0.3 is 9.64 Å². The number of nitrogens with zero attached hydrogens (tertiary/aromatic N) is 1. The van der Waals surface area contributed by atoms with Crippen molar-refractivity contribution in [1.82, 2.24) is 4.90 Å². The number of hydrogen-bond acceptors (Lipinski definition) is 3. The Bertz CT molecular complexity index is 286. The average Bonchev–Trinajstić information content (AvgIpc) is 2.93. The van der Waals surface area contributed by atoms with Crippen molar-refractivity contribution in [3.8, 4) is 0 Å². The number of rotatable bonds is 5. The van der Waals surface area contributed by atoms with Crippen molar-refractivity contribution in [3.05, 3.63) is 0 Å². The summed E-state index contributed by atoms with van der Waals surface area (Å²) in [5.74, 6) is 0.757. The average molecular weight is 267 g/mol. The van der Waals surface area contributed by atoms with Gasteiger partial charge in [-0.2, -0.15) is 0 Å². The lowest BCUT2D eigenvalue weighted by atomic mass is 9.78. The Kier molecular flexibility index (Phi) is 5.68. The summed E-state index contributed by atoms with van der Waals surface area (Å²) in [5, 5.41) is 0. The van der Waals surface area contributed by atoms with Gasteiger partial charge in [0.15, 0.2) is 0 Å². The molecule has 0 aromatic rings. The highest BCUT2D eigenvalue weighted by molar-refractivity contribution is 5.71. The van der Waals surface area contributed by atoms with Crippen molar-refractivity contribution in [3.63, 3.8) is 0 Å². The van der Waals surface area contributed by atoms with E-state index in [4.69, 9.17) is 4.74 Å². The van der Waals surface area contributed by atoms with Crippen molar-refractivity contribution in [1.29, 1.82) is 0 Å². The van der Waals surface area contributed by atoms with Gasteiger partial charge in [0.05, 0.1) is 12.5 Å². The van der Waals surface area contributed by atoms with Crippen LogP contribution in [0.5, 0.6) is 0 Å². The van der Waals surface area contributed by atoms with E-state index in [2.05, 4.69) is 4.90 Å². The molecule has 19 heavy (non-hydrogen) atoms. The lowest BCUT2D eigenvalue weighted by Gasteiger charge is -2.38. The molecule has 0 spiro atoms. The molecule has 1 heterocycles. The predicted molar refractivity (Wildman–Crippen MR) is 77.0 cm³/mol. The van der Waals surface area contributed by atoms with E-state index in [1.54, 1.807) is 0 Å². The molecular weight excluding hydrogens is 238 g/mol. The molecule has 1 aliphatic heterocycles. The second-order valence-corrected chi connectivity index (χ2v) is 6.24. The number of hydrogen-bond donors (Lipinski definition) is 0. The van der Waals surface area contributed by atoms with E-state index >= 15 is 0 Å². The molecule has 2 aliphatic rings. The Hall–Kier alpha value is -0.570. The maximum absolute atomic E-state index is 11.8. The van der Waals surface area contributed by atoms with Gasteiger partial charge in [0.1, 0.15) is 0 Å². The minimum absolute atomic E-state index is 0.00625. The molecule has 3 heteroatoms. The zero-order valence-corrected chi connectivity index (χ0v) is 12.6. The molecule has 1 saturated heterocycles. The topological polar surface area (TPSA) is 29.5 Å². The van der Waals surface area contributed by atoms with Crippen LogP contribution in [0.4, 0.5) is 0 Å². The summed E-state index contributed by atoms with van der Waals surface area (Å²) < 4.78 is 5.15. The molecule has 3 unspecified atom stereocenters. The Morgan fingerprint density at radius 2 is 1.89 bits per heavy atom. The third kappa shape index (κ3) is 3.95. The second-order valence-electron chi connectivity index (χ2n) is 6.24. The molecule has 0 N–H and O–H groups in total.